The van der Waals surface area contributed by atoms with Gasteiger partial charge in [0.1, 0.15) is 12.6 Å². The van der Waals surface area contributed by atoms with Crippen LogP contribution >= 0.6 is 7.82 Å². The Labute approximate surface area is 352 Å². The number of allylic oxidation sites excluding steroid dienone is 10. The minimum Gasteiger partial charge on any atom is -0.480 e. The van der Waals surface area contributed by atoms with Crippen molar-refractivity contribution in [2.75, 3.05) is 19.8 Å². The normalized spacial score (nSPS) is 16.1. The van der Waals surface area contributed by atoms with Crippen molar-refractivity contribution in [1.82, 2.24) is 0 Å². The van der Waals surface area contributed by atoms with Crippen molar-refractivity contribution in [3.05, 3.63) is 72.9 Å². The fraction of sp³-hybridized carbons (Fsp3) is 0.659. The molecule has 0 aliphatic heterocycles. The number of aliphatic hydroxyl groups is 3. The van der Waals surface area contributed by atoms with Crippen molar-refractivity contribution >= 4 is 25.7 Å². The van der Waals surface area contributed by atoms with Gasteiger partial charge in [-0.05, 0) is 57.8 Å². The van der Waals surface area contributed by atoms with Crippen LogP contribution in [0.15, 0.2) is 72.9 Å². The Morgan fingerprint density at radius 2 is 1.20 bits per heavy atom. The van der Waals surface area contributed by atoms with Gasteiger partial charge in [0.05, 0.1) is 31.5 Å². The zero-order valence-electron chi connectivity index (χ0n) is 35.4. The van der Waals surface area contributed by atoms with Gasteiger partial charge in [0.15, 0.2) is 6.10 Å². The van der Waals surface area contributed by atoms with Gasteiger partial charge in [0.2, 0.25) is 0 Å². The average Bonchev–Trinajstić information content (AvgIpc) is 3.20. The van der Waals surface area contributed by atoms with Crippen LogP contribution in [-0.4, -0.2) is 93.5 Å². The van der Waals surface area contributed by atoms with Gasteiger partial charge >= 0.3 is 25.7 Å². The zero-order valence-corrected chi connectivity index (χ0v) is 36.3. The molecule has 0 bridgehead atoms. The molecule has 0 heterocycles. The molecular weight excluding hydrogens is 781 g/mol. The lowest BCUT2D eigenvalue weighted by atomic mass is 10.1. The predicted octanol–water partition coefficient (Wildman–Crippen LogP) is 7.86. The summed E-state index contributed by atoms with van der Waals surface area (Å²) >= 11 is 0. The highest BCUT2D eigenvalue weighted by atomic mass is 31.2. The van der Waals surface area contributed by atoms with Gasteiger partial charge in [0, 0.05) is 12.8 Å². The van der Waals surface area contributed by atoms with Crippen LogP contribution in [0.25, 0.3) is 0 Å². The van der Waals surface area contributed by atoms with Gasteiger partial charge < -0.3 is 40.5 Å². The summed E-state index contributed by atoms with van der Waals surface area (Å²) in [4.78, 5) is 46.0. The molecule has 1 unspecified atom stereocenters. The number of ether oxygens (including phenoxy) is 2. The highest BCUT2D eigenvalue weighted by molar-refractivity contribution is 7.47. The van der Waals surface area contributed by atoms with Gasteiger partial charge in [-0.3, -0.25) is 23.4 Å². The molecule has 0 aliphatic carbocycles. The summed E-state index contributed by atoms with van der Waals surface area (Å²) in [6, 6.07) is -1.58. The molecule has 0 spiro atoms. The smallest absolute Gasteiger partial charge is 0.472 e. The molecule has 0 saturated heterocycles. The van der Waals surface area contributed by atoms with E-state index in [2.05, 4.69) is 42.7 Å². The number of aliphatic carboxylic acids is 1. The number of rotatable bonds is 38. The summed E-state index contributed by atoms with van der Waals surface area (Å²) in [5.74, 6) is -2.78. The molecule has 0 fully saturated rings. The Kier molecular flexibility index (Phi) is 35.7. The van der Waals surface area contributed by atoms with Crippen LogP contribution in [0.2, 0.25) is 0 Å². The second kappa shape index (κ2) is 37.8. The molecule has 14 nitrogen and oxygen atoms in total. The largest absolute Gasteiger partial charge is 0.480 e. The van der Waals surface area contributed by atoms with E-state index in [0.29, 0.717) is 6.42 Å². The average molecular weight is 856 g/mol. The minimum absolute atomic E-state index is 0.0445. The van der Waals surface area contributed by atoms with E-state index in [1.807, 2.05) is 0 Å². The third-order valence-electron chi connectivity index (χ3n) is 8.79. The number of aliphatic hydroxyl groups excluding tert-OH is 3. The maximum Gasteiger partial charge on any atom is 0.472 e. The van der Waals surface area contributed by atoms with Crippen LogP contribution in [-0.2, 0) is 37.5 Å². The number of carbonyl (C=O) groups excluding carboxylic acids is 2. The number of carboxylic acids is 1. The Morgan fingerprint density at radius 3 is 1.86 bits per heavy atom. The Morgan fingerprint density at radius 1 is 0.644 bits per heavy atom. The molecule has 7 N–H and O–H groups in total. The molecule has 0 saturated carbocycles. The predicted molar refractivity (Wildman–Crippen MR) is 230 cm³/mol. The van der Waals surface area contributed by atoms with E-state index >= 15 is 0 Å². The molecule has 0 aromatic rings. The van der Waals surface area contributed by atoms with E-state index in [4.69, 9.17) is 24.8 Å². The summed E-state index contributed by atoms with van der Waals surface area (Å²) < 4.78 is 32.4. The molecule has 0 rings (SSSR count). The van der Waals surface area contributed by atoms with E-state index in [9.17, 15) is 39.2 Å². The minimum atomic E-state index is -4.82. The van der Waals surface area contributed by atoms with Gasteiger partial charge in [0.25, 0.3) is 0 Å². The Hall–Kier alpha value is -3.20. The first-order valence-electron chi connectivity index (χ1n) is 21.3. The van der Waals surface area contributed by atoms with Crippen LogP contribution in [0, 0.1) is 0 Å². The fourth-order valence-electron chi connectivity index (χ4n) is 5.24. The van der Waals surface area contributed by atoms with Crippen molar-refractivity contribution in [3.63, 3.8) is 0 Å². The first-order chi connectivity index (χ1) is 28.3. The SMILES string of the molecule is CCCCC/C=C\C/C=C\CCCCCCCC(=O)OC[C@H](COP(=O)(O)OC[C@H](N)C(=O)O)OC(=O)CCC[C@H](O)[C@@H](O)/C=C/C=C/C=C\C=C\[C@@H](O)CCCCC. The van der Waals surface area contributed by atoms with Crippen molar-refractivity contribution < 1.29 is 62.8 Å². The van der Waals surface area contributed by atoms with Crippen LogP contribution < -0.4 is 5.73 Å². The number of phosphoric ester groups is 1. The van der Waals surface area contributed by atoms with Crippen LogP contribution in [0.1, 0.15) is 136 Å². The Bertz CT molecular complexity index is 1330. The lowest BCUT2D eigenvalue weighted by Crippen LogP contribution is -2.34. The van der Waals surface area contributed by atoms with E-state index < -0.39 is 76.0 Å². The van der Waals surface area contributed by atoms with Crippen LogP contribution in [0.5, 0.6) is 0 Å². The monoisotopic (exact) mass is 855 g/mol. The lowest BCUT2D eigenvalue weighted by molar-refractivity contribution is -0.161. The maximum absolute atomic E-state index is 12.6. The van der Waals surface area contributed by atoms with Crippen molar-refractivity contribution in [3.8, 4) is 0 Å². The van der Waals surface area contributed by atoms with E-state index in [-0.39, 0.29) is 25.7 Å². The summed E-state index contributed by atoms with van der Waals surface area (Å²) in [7, 11) is -4.82. The molecule has 0 aliphatic rings. The molecule has 0 aromatic heterocycles. The fourth-order valence-corrected chi connectivity index (χ4v) is 6.02. The molecule has 0 radical (unpaired) electrons. The van der Waals surface area contributed by atoms with Crippen LogP contribution in [0.4, 0.5) is 0 Å². The van der Waals surface area contributed by atoms with Crippen molar-refractivity contribution in [2.45, 2.75) is 166 Å². The molecule has 59 heavy (non-hydrogen) atoms. The highest BCUT2D eigenvalue weighted by Gasteiger charge is 2.28. The molecule has 338 valence electrons. The quantitative estimate of drug-likeness (QED) is 0.0114. The van der Waals surface area contributed by atoms with E-state index in [1.54, 1.807) is 42.5 Å². The summed E-state index contributed by atoms with van der Waals surface area (Å²) in [6.07, 6.45) is 33.3. The number of hydrogen-bond acceptors (Lipinski definition) is 12. The van der Waals surface area contributed by atoms with Gasteiger partial charge in [-0.2, -0.15) is 0 Å². The van der Waals surface area contributed by atoms with Crippen molar-refractivity contribution in [1.29, 1.82) is 0 Å². The third-order valence-corrected chi connectivity index (χ3v) is 9.74. The van der Waals surface area contributed by atoms with E-state index in [0.717, 1.165) is 70.6 Å². The first-order valence-corrected chi connectivity index (χ1v) is 22.8. The Balaban J connectivity index is 4.76. The maximum atomic E-state index is 12.6. The molecule has 0 amide bonds. The number of carboxylic acid groups (broad SMARTS) is 1. The zero-order chi connectivity index (χ0) is 44.0. The number of unbranched alkanes of at least 4 members (excludes halogenated alkanes) is 10. The summed E-state index contributed by atoms with van der Waals surface area (Å²) in [5.41, 5.74) is 5.30. The van der Waals surface area contributed by atoms with Gasteiger partial charge in [-0.15, -0.1) is 0 Å². The highest BCUT2D eigenvalue weighted by Crippen LogP contribution is 2.43. The molecule has 6 atom stereocenters. The number of carbonyl (C=O) groups is 3. The van der Waals surface area contributed by atoms with Crippen molar-refractivity contribution in [2.24, 2.45) is 5.73 Å². The molecule has 15 heteroatoms. The number of esters is 2. The molecule has 0 aromatic carbocycles. The third kappa shape index (κ3) is 36.4. The van der Waals surface area contributed by atoms with Gasteiger partial charge in [-0.1, -0.05) is 138 Å². The second-order valence-corrected chi connectivity index (χ2v) is 15.8. The summed E-state index contributed by atoms with van der Waals surface area (Å²) in [5, 5.41) is 39.4. The summed E-state index contributed by atoms with van der Waals surface area (Å²) in [6.45, 7) is 2.29. The first kappa shape index (κ1) is 55.8. The standard InChI is InChI=1S/C44H74NO13P/c1-3-5-7-8-9-10-11-12-13-14-15-16-17-22-26-32-42(49)55-34-38(35-56-59(53,54)57-36-39(45)44(51)52)58-43(50)33-27-31-41(48)40(47)30-25-21-19-18-20-24-29-37(46)28-23-6-4-2/h9-10,12-13,18-21,24-25,29-30,37-41,46-48H,3-8,11,14-17,22-23,26-28,31-36,45H2,1-2H3,(H,51,52)(H,53,54)/b10-9-,13-12-,20-18-,21-19+,29-24+,30-25+/t37-,38+,39-,40-,41-/m0/s1. The van der Waals surface area contributed by atoms with Crippen LogP contribution in [0.3, 0.4) is 0 Å². The topological polar surface area (TPSA) is 232 Å². The van der Waals surface area contributed by atoms with E-state index in [1.165, 1.54) is 25.3 Å². The lowest BCUT2D eigenvalue weighted by Gasteiger charge is -2.20. The molecular formula is C44H74NO13P. The van der Waals surface area contributed by atoms with Gasteiger partial charge in [-0.25, -0.2) is 4.57 Å². The number of phosphoric acid groups is 1. The number of hydrogen-bond donors (Lipinski definition) is 6. The second-order valence-electron chi connectivity index (χ2n) is 14.3. The number of nitrogens with two attached hydrogens (primary N) is 1.